The lowest BCUT2D eigenvalue weighted by atomic mass is 10.0. The van der Waals surface area contributed by atoms with Crippen molar-refractivity contribution in [1.29, 1.82) is 0 Å². The van der Waals surface area contributed by atoms with Gasteiger partial charge in [0.05, 0.1) is 6.04 Å². The number of aromatic nitrogens is 1. The third-order valence-corrected chi connectivity index (χ3v) is 6.75. The van der Waals surface area contributed by atoms with Gasteiger partial charge in [0.15, 0.2) is 0 Å². The Hall–Kier alpha value is -2.51. The van der Waals surface area contributed by atoms with Crippen molar-refractivity contribution >= 4 is 10.0 Å². The molecule has 140 valence electrons. The number of fused-ring (bicyclic) bond motifs is 1. The van der Waals surface area contributed by atoms with Crippen molar-refractivity contribution in [2.24, 2.45) is 0 Å². The normalized spacial score (nSPS) is 17.7. The van der Waals surface area contributed by atoms with E-state index in [1.807, 2.05) is 54.1 Å². The molecule has 3 aromatic rings. The van der Waals surface area contributed by atoms with Crippen LogP contribution < -0.4 is 0 Å². The molecule has 7 heteroatoms. The lowest BCUT2D eigenvalue weighted by Crippen LogP contribution is -2.42. The second-order valence-electron chi connectivity index (χ2n) is 6.63. The summed E-state index contributed by atoms with van der Waals surface area (Å²) in [7, 11) is -4.24. The number of nitrogens with zero attached hydrogens (tertiary/aromatic N) is 2. The first-order valence-corrected chi connectivity index (χ1v) is 10.0. The Kier molecular flexibility index (Phi) is 4.36. The van der Waals surface area contributed by atoms with Crippen LogP contribution in [0.1, 0.15) is 22.9 Å². The summed E-state index contributed by atoms with van der Waals surface area (Å²) in [5.74, 6) is -1.75. The number of sulfonamides is 1. The lowest BCUT2D eigenvalue weighted by Gasteiger charge is -2.36. The summed E-state index contributed by atoms with van der Waals surface area (Å²) in [6.07, 6.45) is 1.89. The van der Waals surface area contributed by atoms with E-state index in [0.29, 0.717) is 6.54 Å². The Morgan fingerprint density at radius 3 is 2.48 bits per heavy atom. The van der Waals surface area contributed by atoms with E-state index in [1.165, 1.54) is 4.31 Å². The Morgan fingerprint density at radius 2 is 1.74 bits per heavy atom. The summed E-state index contributed by atoms with van der Waals surface area (Å²) in [5.41, 5.74) is 2.63. The van der Waals surface area contributed by atoms with E-state index in [2.05, 4.69) is 0 Å². The zero-order chi connectivity index (χ0) is 19.2. The number of rotatable bonds is 3. The summed E-state index contributed by atoms with van der Waals surface area (Å²) in [5, 5.41) is 0. The second-order valence-corrected chi connectivity index (χ2v) is 8.49. The summed E-state index contributed by atoms with van der Waals surface area (Å²) in [6.45, 7) is 2.56. The third kappa shape index (κ3) is 3.07. The molecular weight excluding hydrogens is 370 g/mol. The molecule has 0 saturated carbocycles. The highest BCUT2D eigenvalue weighted by Crippen LogP contribution is 2.37. The molecule has 1 atom stereocenters. The molecule has 0 amide bonds. The predicted octanol–water partition coefficient (Wildman–Crippen LogP) is 3.87. The monoisotopic (exact) mass is 388 g/mol. The standard InChI is InChI=1S/C20H18F2N2O2S/c1-14-4-6-15(7-5-14)20-18-3-2-10-23(18)11-12-24(20)27(25,26)19-13-16(21)8-9-17(19)22/h2-10,13,20H,11-12H2,1H3. The number of hydrogen-bond donors (Lipinski definition) is 0. The second kappa shape index (κ2) is 6.58. The van der Waals surface area contributed by atoms with Gasteiger partial charge in [-0.05, 0) is 42.8 Å². The molecule has 0 bridgehead atoms. The van der Waals surface area contributed by atoms with Gasteiger partial charge in [0, 0.05) is 25.0 Å². The summed E-state index contributed by atoms with van der Waals surface area (Å²) in [4.78, 5) is -0.639. The molecule has 0 aliphatic carbocycles. The zero-order valence-corrected chi connectivity index (χ0v) is 15.5. The summed E-state index contributed by atoms with van der Waals surface area (Å²) < 4.78 is 57.7. The van der Waals surface area contributed by atoms with Gasteiger partial charge >= 0.3 is 0 Å². The molecule has 0 fully saturated rings. The van der Waals surface area contributed by atoms with Crippen LogP contribution in [0.4, 0.5) is 8.78 Å². The van der Waals surface area contributed by atoms with Crippen LogP contribution >= 0.6 is 0 Å². The summed E-state index contributed by atoms with van der Waals surface area (Å²) in [6, 6.07) is 13.1. The Balaban J connectivity index is 1.87. The fraction of sp³-hybridized carbons (Fsp3) is 0.200. The molecule has 27 heavy (non-hydrogen) atoms. The van der Waals surface area contributed by atoms with Gasteiger partial charge in [0.1, 0.15) is 16.5 Å². The maximum atomic E-state index is 14.3. The molecular formula is C20H18F2N2O2S. The van der Waals surface area contributed by atoms with E-state index in [0.717, 1.165) is 35.0 Å². The highest BCUT2D eigenvalue weighted by Gasteiger charge is 2.38. The van der Waals surface area contributed by atoms with E-state index in [-0.39, 0.29) is 6.54 Å². The molecule has 1 aliphatic heterocycles. The number of aryl methyl sites for hydroxylation is 1. The van der Waals surface area contributed by atoms with E-state index >= 15 is 0 Å². The molecule has 0 saturated heterocycles. The lowest BCUT2D eigenvalue weighted by molar-refractivity contribution is 0.297. The fourth-order valence-electron chi connectivity index (χ4n) is 3.51. The van der Waals surface area contributed by atoms with Crippen molar-refractivity contribution in [1.82, 2.24) is 8.87 Å². The van der Waals surface area contributed by atoms with E-state index in [1.54, 1.807) is 0 Å². The van der Waals surface area contributed by atoms with Crippen molar-refractivity contribution in [3.63, 3.8) is 0 Å². The van der Waals surface area contributed by atoms with Gasteiger partial charge < -0.3 is 4.57 Å². The SMILES string of the molecule is Cc1ccc(C2c3cccn3CCN2S(=O)(=O)c2cc(F)ccc2F)cc1. The van der Waals surface area contributed by atoms with E-state index in [4.69, 9.17) is 0 Å². The first-order chi connectivity index (χ1) is 12.9. The number of hydrogen-bond acceptors (Lipinski definition) is 2. The predicted molar refractivity (Wildman–Crippen MR) is 97.7 cm³/mol. The Morgan fingerprint density at radius 1 is 1.00 bits per heavy atom. The molecule has 2 heterocycles. The van der Waals surface area contributed by atoms with Gasteiger partial charge in [-0.2, -0.15) is 4.31 Å². The maximum absolute atomic E-state index is 14.3. The largest absolute Gasteiger partial charge is 0.348 e. The fourth-order valence-corrected chi connectivity index (χ4v) is 5.17. The van der Waals surface area contributed by atoms with Gasteiger partial charge in [-0.25, -0.2) is 17.2 Å². The molecule has 2 aromatic carbocycles. The zero-order valence-electron chi connectivity index (χ0n) is 14.6. The van der Waals surface area contributed by atoms with Gasteiger partial charge in [-0.15, -0.1) is 0 Å². The van der Waals surface area contributed by atoms with Crippen LogP contribution in [0.25, 0.3) is 0 Å². The molecule has 1 unspecified atom stereocenters. The Labute approximate surface area is 156 Å². The third-order valence-electron chi connectivity index (χ3n) is 4.87. The van der Waals surface area contributed by atoms with Crippen molar-refractivity contribution in [2.75, 3.05) is 6.54 Å². The van der Waals surface area contributed by atoms with Crippen molar-refractivity contribution in [3.8, 4) is 0 Å². The van der Waals surface area contributed by atoms with Crippen LogP contribution in [0.3, 0.4) is 0 Å². The van der Waals surface area contributed by atoms with Crippen LogP contribution in [0.5, 0.6) is 0 Å². The average molecular weight is 388 g/mol. The van der Waals surface area contributed by atoms with Crippen LogP contribution in [0, 0.1) is 18.6 Å². The minimum absolute atomic E-state index is 0.165. The van der Waals surface area contributed by atoms with Gasteiger partial charge in [0.2, 0.25) is 10.0 Å². The minimum atomic E-state index is -4.24. The van der Waals surface area contributed by atoms with Crippen LogP contribution in [0.2, 0.25) is 0 Å². The molecule has 0 radical (unpaired) electrons. The minimum Gasteiger partial charge on any atom is -0.348 e. The van der Waals surface area contributed by atoms with Crippen molar-refractivity contribution < 1.29 is 17.2 Å². The van der Waals surface area contributed by atoms with Crippen molar-refractivity contribution in [3.05, 3.63) is 89.2 Å². The molecule has 0 N–H and O–H groups in total. The van der Waals surface area contributed by atoms with Gasteiger partial charge in [-0.3, -0.25) is 0 Å². The first-order valence-electron chi connectivity index (χ1n) is 8.56. The molecule has 1 aliphatic rings. The Bertz CT molecular complexity index is 1090. The first kappa shape index (κ1) is 17.9. The van der Waals surface area contributed by atoms with Gasteiger partial charge in [0.25, 0.3) is 0 Å². The molecule has 0 spiro atoms. The molecule has 4 nitrogen and oxygen atoms in total. The summed E-state index contributed by atoms with van der Waals surface area (Å²) >= 11 is 0. The van der Waals surface area contributed by atoms with Crippen LogP contribution in [-0.2, 0) is 16.6 Å². The molecule has 4 rings (SSSR count). The van der Waals surface area contributed by atoms with Crippen LogP contribution in [-0.4, -0.2) is 23.8 Å². The number of benzene rings is 2. The highest BCUT2D eigenvalue weighted by molar-refractivity contribution is 7.89. The van der Waals surface area contributed by atoms with Crippen LogP contribution in [0.15, 0.2) is 65.7 Å². The number of halogens is 2. The highest BCUT2D eigenvalue weighted by atomic mass is 32.2. The van der Waals surface area contributed by atoms with Gasteiger partial charge in [-0.1, -0.05) is 29.8 Å². The maximum Gasteiger partial charge on any atom is 0.247 e. The van der Waals surface area contributed by atoms with Crippen molar-refractivity contribution in [2.45, 2.75) is 24.4 Å². The average Bonchev–Trinajstić information content (AvgIpc) is 3.12. The smallest absolute Gasteiger partial charge is 0.247 e. The molecule has 1 aromatic heterocycles. The topological polar surface area (TPSA) is 42.3 Å². The quantitative estimate of drug-likeness (QED) is 0.684. The van der Waals surface area contributed by atoms with E-state index in [9.17, 15) is 17.2 Å². The van der Waals surface area contributed by atoms with E-state index < -0.39 is 32.6 Å².